The molecule has 1 saturated heterocycles. The number of thiophene rings is 1. The SMILES string of the molecule is C=CC(=O)Nc1cccc(C(=O)N2CC=C(c3cc4nc(-c5cnc(N)nc5)nc(N5CCOCC5)c4s3)CC2)c1. The highest BCUT2D eigenvalue weighted by molar-refractivity contribution is 7.20. The molecule has 11 nitrogen and oxygen atoms in total. The van der Waals surface area contributed by atoms with Gasteiger partial charge in [-0.25, -0.2) is 19.9 Å². The van der Waals surface area contributed by atoms with E-state index in [4.69, 9.17) is 20.4 Å². The van der Waals surface area contributed by atoms with Gasteiger partial charge in [-0.2, -0.15) is 0 Å². The number of nitrogens with one attached hydrogen (secondary N) is 1. The van der Waals surface area contributed by atoms with Crippen LogP contribution in [0.3, 0.4) is 0 Å². The van der Waals surface area contributed by atoms with Gasteiger partial charge in [0.1, 0.15) is 0 Å². The molecule has 2 aliphatic heterocycles. The minimum Gasteiger partial charge on any atom is -0.378 e. The van der Waals surface area contributed by atoms with Crippen molar-refractivity contribution < 1.29 is 14.3 Å². The second kappa shape index (κ2) is 11.4. The molecule has 0 bridgehead atoms. The highest BCUT2D eigenvalue weighted by atomic mass is 32.1. The van der Waals surface area contributed by atoms with Crippen LogP contribution < -0.4 is 16.0 Å². The van der Waals surface area contributed by atoms with Gasteiger partial charge < -0.3 is 25.6 Å². The predicted octanol–water partition coefficient (Wildman–Crippen LogP) is 3.62. The smallest absolute Gasteiger partial charge is 0.254 e. The van der Waals surface area contributed by atoms with Gasteiger partial charge in [-0.3, -0.25) is 9.59 Å². The first-order valence-electron chi connectivity index (χ1n) is 13.2. The monoisotopic (exact) mass is 568 g/mol. The van der Waals surface area contributed by atoms with Crippen molar-refractivity contribution in [2.75, 3.05) is 55.3 Å². The normalized spacial score (nSPS) is 15.5. The predicted molar refractivity (Wildman–Crippen MR) is 160 cm³/mol. The molecule has 0 aliphatic carbocycles. The van der Waals surface area contributed by atoms with Gasteiger partial charge in [-0.1, -0.05) is 18.7 Å². The molecule has 6 rings (SSSR count). The van der Waals surface area contributed by atoms with E-state index in [0.29, 0.717) is 55.4 Å². The number of hydrogen-bond acceptors (Lipinski definition) is 10. The van der Waals surface area contributed by atoms with Crippen LogP contribution in [0.4, 0.5) is 17.5 Å². The van der Waals surface area contributed by atoms with Crippen LogP contribution in [-0.4, -0.2) is 76.0 Å². The number of morpholine rings is 1. The third kappa shape index (κ3) is 5.65. The zero-order chi connectivity index (χ0) is 28.3. The van der Waals surface area contributed by atoms with Crippen molar-refractivity contribution in [2.24, 2.45) is 0 Å². The number of benzene rings is 1. The topological polar surface area (TPSA) is 139 Å². The summed E-state index contributed by atoms with van der Waals surface area (Å²) in [7, 11) is 0. The first kappa shape index (κ1) is 26.5. The number of amides is 2. The fourth-order valence-electron chi connectivity index (χ4n) is 4.83. The van der Waals surface area contributed by atoms with Crippen molar-refractivity contribution in [1.29, 1.82) is 0 Å². The van der Waals surface area contributed by atoms with Crippen LogP contribution in [0.25, 0.3) is 27.2 Å². The van der Waals surface area contributed by atoms with Crippen LogP contribution in [0, 0.1) is 0 Å². The summed E-state index contributed by atoms with van der Waals surface area (Å²) >= 11 is 1.67. The molecule has 3 N–H and O–H groups in total. The van der Waals surface area contributed by atoms with Crippen molar-refractivity contribution >= 4 is 56.4 Å². The van der Waals surface area contributed by atoms with Gasteiger partial charge >= 0.3 is 0 Å². The number of ether oxygens (including phenoxy) is 1. The Balaban J connectivity index is 1.27. The number of anilines is 3. The highest BCUT2D eigenvalue weighted by Gasteiger charge is 2.24. The zero-order valence-corrected chi connectivity index (χ0v) is 23.1. The lowest BCUT2D eigenvalue weighted by atomic mass is 10.1. The van der Waals surface area contributed by atoms with E-state index in [9.17, 15) is 9.59 Å². The maximum absolute atomic E-state index is 13.2. The van der Waals surface area contributed by atoms with Gasteiger partial charge in [0.2, 0.25) is 11.9 Å². The molecule has 1 fully saturated rings. The van der Waals surface area contributed by atoms with E-state index in [1.165, 1.54) is 11.6 Å². The minimum atomic E-state index is -0.320. The van der Waals surface area contributed by atoms with Gasteiger partial charge in [0.15, 0.2) is 11.6 Å². The van der Waals surface area contributed by atoms with E-state index in [0.717, 1.165) is 34.0 Å². The maximum atomic E-state index is 13.2. The van der Waals surface area contributed by atoms with Gasteiger partial charge in [-0.05, 0) is 42.3 Å². The van der Waals surface area contributed by atoms with Crippen molar-refractivity contribution in [3.63, 3.8) is 0 Å². The number of rotatable bonds is 6. The molecule has 12 heteroatoms. The second-order valence-electron chi connectivity index (χ2n) is 9.63. The summed E-state index contributed by atoms with van der Waals surface area (Å²) in [5.74, 6) is 1.22. The van der Waals surface area contributed by atoms with E-state index in [-0.39, 0.29) is 17.8 Å². The Morgan fingerprint density at radius 1 is 1.10 bits per heavy atom. The van der Waals surface area contributed by atoms with Gasteiger partial charge in [-0.15, -0.1) is 11.3 Å². The number of nitrogens with two attached hydrogens (primary N) is 1. The number of aromatic nitrogens is 4. The molecule has 3 aromatic heterocycles. The fraction of sp³-hybridized carbons (Fsp3) is 0.241. The van der Waals surface area contributed by atoms with E-state index in [1.54, 1.807) is 48.0 Å². The van der Waals surface area contributed by atoms with Gasteiger partial charge in [0.05, 0.1) is 29.0 Å². The Morgan fingerprint density at radius 3 is 2.63 bits per heavy atom. The highest BCUT2D eigenvalue weighted by Crippen LogP contribution is 2.38. The molecular weight excluding hydrogens is 540 g/mol. The first-order chi connectivity index (χ1) is 20.0. The molecule has 1 aromatic carbocycles. The molecule has 2 amide bonds. The Labute approximate surface area is 240 Å². The molecule has 2 aliphatic rings. The number of nitrogen functional groups attached to an aromatic ring is 1. The lowest BCUT2D eigenvalue weighted by Crippen LogP contribution is -2.36. The molecule has 0 spiro atoms. The van der Waals surface area contributed by atoms with Crippen LogP contribution in [0.15, 0.2) is 61.5 Å². The molecular formula is C29H28N8O3S. The molecule has 208 valence electrons. The van der Waals surface area contributed by atoms with E-state index in [1.807, 2.05) is 4.90 Å². The Hall–Kier alpha value is -4.68. The minimum absolute atomic E-state index is 0.0813. The quantitative estimate of drug-likeness (QED) is 0.334. The number of carbonyl (C=O) groups excluding carboxylic acids is 2. The third-order valence-electron chi connectivity index (χ3n) is 6.97. The summed E-state index contributed by atoms with van der Waals surface area (Å²) < 4.78 is 6.59. The lowest BCUT2D eigenvalue weighted by molar-refractivity contribution is -0.111. The molecule has 0 unspecified atom stereocenters. The van der Waals surface area contributed by atoms with Crippen LogP contribution in [0.1, 0.15) is 21.7 Å². The number of hydrogen-bond donors (Lipinski definition) is 2. The van der Waals surface area contributed by atoms with Gasteiger partial charge in [0.25, 0.3) is 5.91 Å². The second-order valence-corrected chi connectivity index (χ2v) is 10.7. The van der Waals surface area contributed by atoms with Crippen molar-refractivity contribution in [2.45, 2.75) is 6.42 Å². The van der Waals surface area contributed by atoms with Crippen molar-refractivity contribution in [3.8, 4) is 11.4 Å². The Morgan fingerprint density at radius 2 is 1.90 bits per heavy atom. The molecule has 0 atom stereocenters. The van der Waals surface area contributed by atoms with Crippen LogP contribution >= 0.6 is 11.3 Å². The molecule has 0 radical (unpaired) electrons. The van der Waals surface area contributed by atoms with Crippen LogP contribution in [0.5, 0.6) is 0 Å². The Bertz CT molecular complexity index is 1660. The van der Waals surface area contributed by atoms with Gasteiger partial charge in [0, 0.05) is 54.7 Å². The summed E-state index contributed by atoms with van der Waals surface area (Å²) in [6.07, 6.45) is 7.29. The average Bonchev–Trinajstić information content (AvgIpc) is 3.45. The Kier molecular flexibility index (Phi) is 7.40. The van der Waals surface area contributed by atoms with Crippen molar-refractivity contribution in [1.82, 2.24) is 24.8 Å². The molecule has 0 saturated carbocycles. The fourth-order valence-corrected chi connectivity index (χ4v) is 6.01. The average molecular weight is 569 g/mol. The summed E-state index contributed by atoms with van der Waals surface area (Å²) in [5.41, 5.74) is 9.49. The zero-order valence-electron chi connectivity index (χ0n) is 22.2. The van der Waals surface area contributed by atoms with Crippen LogP contribution in [-0.2, 0) is 9.53 Å². The standard InChI is InChI=1S/C29H28N8O3S/c1-2-24(38)33-21-5-3-4-19(14-21)28(39)37-8-6-18(7-9-37)23-15-22-25(41-23)27(36-10-12-40-13-11-36)35-26(34-22)20-16-31-29(30)32-17-20/h2-6,14-17H,1,7-13H2,(H,33,38)(H2,30,31,32). The summed E-state index contributed by atoms with van der Waals surface area (Å²) in [4.78, 5) is 48.0. The largest absolute Gasteiger partial charge is 0.378 e. The third-order valence-corrected chi connectivity index (χ3v) is 8.17. The summed E-state index contributed by atoms with van der Waals surface area (Å²) in [6.45, 7) is 7.31. The van der Waals surface area contributed by atoms with E-state index >= 15 is 0 Å². The lowest BCUT2D eigenvalue weighted by Gasteiger charge is -2.28. The molecule has 5 heterocycles. The van der Waals surface area contributed by atoms with E-state index < -0.39 is 0 Å². The van der Waals surface area contributed by atoms with E-state index in [2.05, 4.69) is 38.9 Å². The maximum Gasteiger partial charge on any atom is 0.254 e. The molecule has 41 heavy (non-hydrogen) atoms. The summed E-state index contributed by atoms with van der Waals surface area (Å²) in [5, 5.41) is 2.70. The van der Waals surface area contributed by atoms with Crippen LogP contribution in [0.2, 0.25) is 0 Å². The summed E-state index contributed by atoms with van der Waals surface area (Å²) in [6, 6.07) is 9.04. The van der Waals surface area contributed by atoms with Crippen molar-refractivity contribution in [3.05, 3.63) is 71.9 Å². The number of fused-ring (bicyclic) bond motifs is 1. The number of carbonyl (C=O) groups is 2. The molecule has 4 aromatic rings. The number of nitrogens with zero attached hydrogens (tertiary/aromatic N) is 6. The first-order valence-corrected chi connectivity index (χ1v) is 14.0.